The Hall–Kier alpha value is -2.31. The average Bonchev–Trinajstić information content (AvgIpc) is 3.13. The van der Waals surface area contributed by atoms with Crippen LogP contribution in [0.4, 0.5) is 0 Å². The molecule has 0 bridgehead atoms. The van der Waals surface area contributed by atoms with Crippen LogP contribution in [0.25, 0.3) is 10.9 Å². The van der Waals surface area contributed by atoms with E-state index in [9.17, 15) is 0 Å². The van der Waals surface area contributed by atoms with Crippen LogP contribution < -0.4 is 5.32 Å². The van der Waals surface area contributed by atoms with E-state index in [0.29, 0.717) is 5.92 Å². The quantitative estimate of drug-likeness (QED) is 0.787. The molecule has 6 heteroatoms. The molecule has 0 amide bonds. The molecule has 4 heterocycles. The van der Waals surface area contributed by atoms with Gasteiger partial charge in [-0.1, -0.05) is 18.2 Å². The number of hydrogen-bond acceptors (Lipinski definition) is 5. The monoisotopic (exact) mass is 348 g/mol. The molecule has 1 atom stereocenters. The van der Waals surface area contributed by atoms with E-state index in [4.69, 9.17) is 0 Å². The third-order valence-corrected chi connectivity index (χ3v) is 5.66. The topological polar surface area (TPSA) is 58.9 Å². The molecule has 1 fully saturated rings. The molecule has 3 aromatic rings. The van der Waals surface area contributed by atoms with E-state index in [1.807, 2.05) is 6.20 Å². The van der Waals surface area contributed by atoms with Gasteiger partial charge >= 0.3 is 0 Å². The van der Waals surface area contributed by atoms with Crippen molar-refractivity contribution in [3.05, 3.63) is 53.7 Å². The smallest absolute Gasteiger partial charge is 0.147 e. The molecule has 2 aliphatic heterocycles. The van der Waals surface area contributed by atoms with Crippen molar-refractivity contribution in [2.75, 3.05) is 19.6 Å². The van der Waals surface area contributed by atoms with Gasteiger partial charge in [0.15, 0.2) is 0 Å². The van der Waals surface area contributed by atoms with Crippen molar-refractivity contribution in [1.29, 1.82) is 0 Å². The Morgan fingerprint density at radius 2 is 2.08 bits per heavy atom. The number of piperidine rings is 1. The van der Waals surface area contributed by atoms with Crippen molar-refractivity contribution < 1.29 is 0 Å². The Bertz CT molecular complexity index is 912. The van der Waals surface area contributed by atoms with E-state index in [1.54, 1.807) is 0 Å². The molecule has 2 aromatic heterocycles. The van der Waals surface area contributed by atoms with E-state index >= 15 is 0 Å². The third-order valence-electron chi connectivity index (χ3n) is 5.66. The number of fused-ring (bicyclic) bond motifs is 2. The lowest BCUT2D eigenvalue weighted by atomic mass is 9.96. The van der Waals surface area contributed by atoms with Crippen LogP contribution in [-0.2, 0) is 19.6 Å². The minimum absolute atomic E-state index is 0.483. The molecule has 5 rings (SSSR count). The SMILES string of the molecule is c1ccc2c(CN3CCCC(c4nnc5n4CCNC5)C3)ccnc2c1. The second-order valence-corrected chi connectivity index (χ2v) is 7.36. The molecule has 0 spiro atoms. The number of benzene rings is 1. The van der Waals surface area contributed by atoms with Gasteiger partial charge in [0, 0.05) is 43.7 Å². The molecule has 134 valence electrons. The van der Waals surface area contributed by atoms with Gasteiger partial charge in [-0.2, -0.15) is 0 Å². The summed E-state index contributed by atoms with van der Waals surface area (Å²) in [5.74, 6) is 2.76. The Kier molecular flexibility index (Phi) is 4.15. The van der Waals surface area contributed by atoms with Crippen LogP contribution in [0.15, 0.2) is 36.5 Å². The maximum Gasteiger partial charge on any atom is 0.147 e. The summed E-state index contributed by atoms with van der Waals surface area (Å²) in [5.41, 5.74) is 2.45. The van der Waals surface area contributed by atoms with Gasteiger partial charge in [-0.3, -0.25) is 9.88 Å². The number of nitrogens with one attached hydrogen (secondary N) is 1. The fourth-order valence-corrected chi connectivity index (χ4v) is 4.36. The molecule has 2 aliphatic rings. The van der Waals surface area contributed by atoms with Crippen molar-refractivity contribution >= 4 is 10.9 Å². The maximum atomic E-state index is 4.55. The Morgan fingerprint density at radius 3 is 3.08 bits per heavy atom. The Labute approximate surface area is 153 Å². The number of para-hydroxylation sites is 1. The van der Waals surface area contributed by atoms with Gasteiger partial charge in [0.25, 0.3) is 0 Å². The molecule has 0 radical (unpaired) electrons. The van der Waals surface area contributed by atoms with Crippen LogP contribution >= 0.6 is 0 Å². The number of likely N-dealkylation sites (tertiary alicyclic amines) is 1. The highest BCUT2D eigenvalue weighted by molar-refractivity contribution is 5.81. The molecule has 1 saturated heterocycles. The average molecular weight is 348 g/mol. The van der Waals surface area contributed by atoms with E-state index in [-0.39, 0.29) is 0 Å². The predicted octanol–water partition coefficient (Wildman–Crippen LogP) is 2.31. The fraction of sp³-hybridized carbons (Fsp3) is 0.450. The van der Waals surface area contributed by atoms with E-state index in [1.165, 1.54) is 29.6 Å². The second kappa shape index (κ2) is 6.78. The summed E-state index contributed by atoms with van der Waals surface area (Å²) in [4.78, 5) is 7.06. The first-order valence-corrected chi connectivity index (χ1v) is 9.56. The van der Waals surface area contributed by atoms with Crippen molar-refractivity contribution in [2.45, 2.75) is 38.4 Å². The molecule has 26 heavy (non-hydrogen) atoms. The number of rotatable bonds is 3. The predicted molar refractivity (Wildman–Crippen MR) is 101 cm³/mol. The largest absolute Gasteiger partial charge is 0.312 e. The Morgan fingerprint density at radius 1 is 1.12 bits per heavy atom. The lowest BCUT2D eigenvalue weighted by molar-refractivity contribution is 0.194. The molecule has 0 saturated carbocycles. The number of aromatic nitrogens is 4. The molecule has 0 aliphatic carbocycles. The highest BCUT2D eigenvalue weighted by Gasteiger charge is 2.27. The Balaban J connectivity index is 1.37. The summed E-state index contributed by atoms with van der Waals surface area (Å²) in [7, 11) is 0. The normalized spacial score (nSPS) is 21.0. The van der Waals surface area contributed by atoms with Crippen LogP contribution in [-0.4, -0.2) is 44.3 Å². The molecule has 1 unspecified atom stereocenters. The first-order chi connectivity index (χ1) is 12.9. The first-order valence-electron chi connectivity index (χ1n) is 9.56. The zero-order valence-corrected chi connectivity index (χ0v) is 14.9. The summed E-state index contributed by atoms with van der Waals surface area (Å²) in [6, 6.07) is 10.6. The molecular weight excluding hydrogens is 324 g/mol. The van der Waals surface area contributed by atoms with E-state index in [0.717, 1.165) is 50.6 Å². The summed E-state index contributed by atoms with van der Waals surface area (Å²) in [6.45, 7) is 6.02. The van der Waals surface area contributed by atoms with Gasteiger partial charge in [0.1, 0.15) is 11.6 Å². The summed E-state index contributed by atoms with van der Waals surface area (Å²) in [5, 5.41) is 13.6. The maximum absolute atomic E-state index is 4.55. The lowest BCUT2D eigenvalue weighted by Gasteiger charge is -2.33. The molecule has 6 nitrogen and oxygen atoms in total. The number of pyridine rings is 1. The number of hydrogen-bond donors (Lipinski definition) is 1. The van der Waals surface area contributed by atoms with Gasteiger partial charge in [-0.25, -0.2) is 0 Å². The van der Waals surface area contributed by atoms with Crippen LogP contribution in [0.1, 0.15) is 36.0 Å². The minimum atomic E-state index is 0.483. The van der Waals surface area contributed by atoms with Gasteiger partial charge in [0.05, 0.1) is 12.1 Å². The van der Waals surface area contributed by atoms with Gasteiger partial charge in [-0.15, -0.1) is 10.2 Å². The second-order valence-electron chi connectivity index (χ2n) is 7.36. The zero-order valence-electron chi connectivity index (χ0n) is 14.9. The molecular formula is C20H24N6. The summed E-state index contributed by atoms with van der Waals surface area (Å²) in [6.07, 6.45) is 4.36. The van der Waals surface area contributed by atoms with Gasteiger partial charge in [-0.05, 0) is 37.1 Å². The van der Waals surface area contributed by atoms with E-state index in [2.05, 4.69) is 60.3 Å². The number of nitrogens with zero attached hydrogens (tertiary/aromatic N) is 5. The first kappa shape index (κ1) is 15.9. The van der Waals surface area contributed by atoms with Crippen molar-refractivity contribution in [3.8, 4) is 0 Å². The molecule has 1 aromatic carbocycles. The van der Waals surface area contributed by atoms with Crippen molar-refractivity contribution in [3.63, 3.8) is 0 Å². The van der Waals surface area contributed by atoms with Crippen molar-refractivity contribution in [1.82, 2.24) is 30.0 Å². The van der Waals surface area contributed by atoms with Crippen LogP contribution in [0.5, 0.6) is 0 Å². The zero-order chi connectivity index (χ0) is 17.3. The van der Waals surface area contributed by atoms with E-state index < -0.39 is 0 Å². The highest BCUT2D eigenvalue weighted by atomic mass is 15.3. The molecule has 1 N–H and O–H groups in total. The van der Waals surface area contributed by atoms with Gasteiger partial charge < -0.3 is 9.88 Å². The minimum Gasteiger partial charge on any atom is -0.312 e. The van der Waals surface area contributed by atoms with Crippen LogP contribution in [0, 0.1) is 0 Å². The van der Waals surface area contributed by atoms with Crippen LogP contribution in [0.3, 0.4) is 0 Å². The van der Waals surface area contributed by atoms with Crippen LogP contribution in [0.2, 0.25) is 0 Å². The van der Waals surface area contributed by atoms with Crippen molar-refractivity contribution in [2.24, 2.45) is 0 Å². The lowest BCUT2D eigenvalue weighted by Crippen LogP contribution is -2.36. The third kappa shape index (κ3) is 2.89. The fourth-order valence-electron chi connectivity index (χ4n) is 4.36. The summed E-state index contributed by atoms with van der Waals surface area (Å²) < 4.78 is 2.34. The van der Waals surface area contributed by atoms with Gasteiger partial charge in [0.2, 0.25) is 0 Å². The summed E-state index contributed by atoms with van der Waals surface area (Å²) >= 11 is 0. The standard InChI is InChI=1S/C20H24N6/c1-2-6-18-17(5-1)15(7-8-22-18)13-25-10-3-4-16(14-25)20-24-23-19-12-21-9-11-26(19)20/h1-2,5-8,16,21H,3-4,9-14H2. The highest BCUT2D eigenvalue weighted by Crippen LogP contribution is 2.28.